The van der Waals surface area contributed by atoms with E-state index in [2.05, 4.69) is 25.1 Å². The molecule has 0 spiro atoms. The van der Waals surface area contributed by atoms with Crippen LogP contribution in [0.1, 0.15) is 46.3 Å². The molecule has 0 radical (unpaired) electrons. The largest absolute Gasteiger partial charge is 0.339 e. The van der Waals surface area contributed by atoms with Crippen molar-refractivity contribution in [1.29, 1.82) is 0 Å². The minimum Gasteiger partial charge on any atom is -0.339 e. The standard InChI is InChI=1S/C21H24N6O/c1-14-16-4-2-3-5-18(16)23-12-17(14)21(28)26-9-6-15(7-10-26)20-25-24-19-13-22-8-11-27(19)20/h2-5,12,15,22H,6-11,13H2,1H3. The van der Waals surface area contributed by atoms with Crippen LogP contribution >= 0.6 is 0 Å². The van der Waals surface area contributed by atoms with Crippen molar-refractivity contribution in [2.45, 2.75) is 38.8 Å². The van der Waals surface area contributed by atoms with Crippen molar-refractivity contribution in [1.82, 2.24) is 30.0 Å². The van der Waals surface area contributed by atoms with Gasteiger partial charge in [0.1, 0.15) is 11.6 Å². The number of hydrogen-bond donors (Lipinski definition) is 1. The Morgan fingerprint density at radius 3 is 2.82 bits per heavy atom. The first-order chi connectivity index (χ1) is 13.7. The van der Waals surface area contributed by atoms with Gasteiger partial charge in [0.15, 0.2) is 0 Å². The Labute approximate surface area is 163 Å². The molecule has 144 valence electrons. The number of benzene rings is 1. The van der Waals surface area contributed by atoms with Crippen molar-refractivity contribution in [3.63, 3.8) is 0 Å². The Morgan fingerprint density at radius 2 is 1.96 bits per heavy atom. The summed E-state index contributed by atoms with van der Waals surface area (Å²) in [5.41, 5.74) is 2.65. The van der Waals surface area contributed by atoms with E-state index < -0.39 is 0 Å². The van der Waals surface area contributed by atoms with Crippen LogP contribution in [-0.4, -0.2) is 50.2 Å². The predicted molar refractivity (Wildman–Crippen MR) is 106 cm³/mol. The molecule has 1 aromatic carbocycles. The van der Waals surface area contributed by atoms with E-state index in [0.717, 1.165) is 73.7 Å². The Bertz CT molecular complexity index is 1030. The lowest BCUT2D eigenvalue weighted by atomic mass is 9.94. The van der Waals surface area contributed by atoms with Crippen molar-refractivity contribution in [3.05, 3.63) is 53.2 Å². The third-order valence-electron chi connectivity index (χ3n) is 6.07. The first-order valence-corrected chi connectivity index (χ1v) is 9.98. The summed E-state index contributed by atoms with van der Waals surface area (Å²) < 4.78 is 2.26. The number of nitrogens with zero attached hydrogens (tertiary/aromatic N) is 5. The minimum absolute atomic E-state index is 0.0849. The molecule has 2 aliphatic heterocycles. The van der Waals surface area contributed by atoms with Crippen molar-refractivity contribution in [2.24, 2.45) is 0 Å². The number of likely N-dealkylation sites (tertiary alicyclic amines) is 1. The predicted octanol–water partition coefficient (Wildman–Crippen LogP) is 2.26. The maximum atomic E-state index is 13.1. The summed E-state index contributed by atoms with van der Waals surface area (Å²) in [6.07, 6.45) is 3.59. The third-order valence-corrected chi connectivity index (χ3v) is 6.07. The van der Waals surface area contributed by atoms with Crippen LogP contribution in [0.3, 0.4) is 0 Å². The summed E-state index contributed by atoms with van der Waals surface area (Å²) in [6.45, 7) is 6.19. The average molecular weight is 376 g/mol. The SMILES string of the molecule is Cc1c(C(=O)N2CCC(c3nnc4n3CCNC4)CC2)cnc2ccccc12. The number of nitrogens with one attached hydrogen (secondary N) is 1. The fraction of sp³-hybridized carbons (Fsp3) is 0.429. The molecular formula is C21H24N6O. The van der Waals surface area contributed by atoms with E-state index in [4.69, 9.17) is 0 Å². The zero-order valence-corrected chi connectivity index (χ0v) is 16.1. The number of carbonyl (C=O) groups excluding carboxylic acids is 1. The van der Waals surface area contributed by atoms with E-state index in [1.165, 1.54) is 0 Å². The second kappa shape index (κ2) is 6.98. The number of hydrogen-bond acceptors (Lipinski definition) is 5. The number of pyridine rings is 1. The van der Waals surface area contributed by atoms with Crippen LogP contribution in [0.15, 0.2) is 30.5 Å². The van der Waals surface area contributed by atoms with E-state index in [0.29, 0.717) is 11.5 Å². The number of aromatic nitrogens is 4. The molecule has 0 unspecified atom stereocenters. The molecule has 3 aromatic rings. The highest BCUT2D eigenvalue weighted by Gasteiger charge is 2.29. The number of rotatable bonds is 2. The lowest BCUT2D eigenvalue weighted by molar-refractivity contribution is 0.0709. The Kier molecular flexibility index (Phi) is 4.31. The van der Waals surface area contributed by atoms with Gasteiger partial charge in [-0.15, -0.1) is 10.2 Å². The summed E-state index contributed by atoms with van der Waals surface area (Å²) >= 11 is 0. The monoisotopic (exact) mass is 376 g/mol. The second-order valence-electron chi connectivity index (χ2n) is 7.68. The molecule has 28 heavy (non-hydrogen) atoms. The van der Waals surface area contributed by atoms with Gasteiger partial charge in [-0.3, -0.25) is 9.78 Å². The fourth-order valence-corrected chi connectivity index (χ4v) is 4.42. The van der Waals surface area contributed by atoms with E-state index in [1.807, 2.05) is 36.1 Å². The van der Waals surface area contributed by atoms with E-state index in [9.17, 15) is 4.79 Å². The van der Waals surface area contributed by atoms with Gasteiger partial charge in [-0.05, 0) is 31.4 Å². The molecule has 1 saturated heterocycles. The van der Waals surface area contributed by atoms with E-state index in [-0.39, 0.29) is 5.91 Å². The van der Waals surface area contributed by atoms with E-state index in [1.54, 1.807) is 6.20 Å². The zero-order chi connectivity index (χ0) is 19.1. The smallest absolute Gasteiger partial charge is 0.255 e. The van der Waals surface area contributed by atoms with Gasteiger partial charge in [-0.25, -0.2) is 0 Å². The molecule has 7 heteroatoms. The molecule has 0 aliphatic carbocycles. The molecule has 1 N–H and O–H groups in total. The lowest BCUT2D eigenvalue weighted by Gasteiger charge is -2.32. The molecule has 0 saturated carbocycles. The van der Waals surface area contributed by atoms with Gasteiger partial charge in [0, 0.05) is 43.7 Å². The third kappa shape index (κ3) is 2.86. The minimum atomic E-state index is 0.0849. The van der Waals surface area contributed by atoms with Gasteiger partial charge in [0.2, 0.25) is 0 Å². The van der Waals surface area contributed by atoms with Crippen molar-refractivity contribution in [2.75, 3.05) is 19.6 Å². The molecule has 1 fully saturated rings. The maximum Gasteiger partial charge on any atom is 0.255 e. The Balaban J connectivity index is 1.32. The van der Waals surface area contributed by atoms with Gasteiger partial charge < -0.3 is 14.8 Å². The molecule has 7 nitrogen and oxygen atoms in total. The molecule has 2 aromatic heterocycles. The second-order valence-corrected chi connectivity index (χ2v) is 7.68. The number of aryl methyl sites for hydroxylation is 1. The zero-order valence-electron chi connectivity index (χ0n) is 16.1. The molecule has 2 aliphatic rings. The molecule has 0 atom stereocenters. The topological polar surface area (TPSA) is 75.9 Å². The van der Waals surface area contributed by atoms with Crippen LogP contribution in [0.2, 0.25) is 0 Å². The average Bonchev–Trinajstić information content (AvgIpc) is 3.18. The number of carbonyl (C=O) groups is 1. The molecule has 4 heterocycles. The number of piperidine rings is 1. The normalized spacial score (nSPS) is 17.7. The van der Waals surface area contributed by atoms with Gasteiger partial charge in [0.25, 0.3) is 5.91 Å². The quantitative estimate of drug-likeness (QED) is 0.742. The highest BCUT2D eigenvalue weighted by atomic mass is 16.2. The Hall–Kier alpha value is -2.80. The van der Waals surface area contributed by atoms with E-state index >= 15 is 0 Å². The summed E-state index contributed by atoms with van der Waals surface area (Å²) in [6, 6.07) is 7.98. The van der Waals surface area contributed by atoms with Crippen molar-refractivity contribution in [3.8, 4) is 0 Å². The van der Waals surface area contributed by atoms with Crippen LogP contribution < -0.4 is 5.32 Å². The van der Waals surface area contributed by atoms with Crippen LogP contribution in [0.25, 0.3) is 10.9 Å². The molecular weight excluding hydrogens is 352 g/mol. The molecule has 0 bridgehead atoms. The van der Waals surface area contributed by atoms with Crippen LogP contribution in [0.5, 0.6) is 0 Å². The number of fused-ring (bicyclic) bond motifs is 2. The van der Waals surface area contributed by atoms with Crippen LogP contribution in [0.4, 0.5) is 0 Å². The van der Waals surface area contributed by atoms with Crippen molar-refractivity contribution >= 4 is 16.8 Å². The maximum absolute atomic E-state index is 13.1. The van der Waals surface area contributed by atoms with Crippen LogP contribution in [0, 0.1) is 6.92 Å². The van der Waals surface area contributed by atoms with Crippen LogP contribution in [-0.2, 0) is 13.1 Å². The van der Waals surface area contributed by atoms with Gasteiger partial charge in [-0.2, -0.15) is 0 Å². The fourth-order valence-electron chi connectivity index (χ4n) is 4.42. The summed E-state index contributed by atoms with van der Waals surface area (Å²) in [5.74, 6) is 2.57. The highest BCUT2D eigenvalue weighted by molar-refractivity contribution is 6.00. The number of para-hydroxylation sites is 1. The van der Waals surface area contributed by atoms with Gasteiger partial charge >= 0.3 is 0 Å². The summed E-state index contributed by atoms with van der Waals surface area (Å²) in [7, 11) is 0. The summed E-state index contributed by atoms with van der Waals surface area (Å²) in [5, 5.41) is 13.2. The first kappa shape index (κ1) is 17.3. The summed E-state index contributed by atoms with van der Waals surface area (Å²) in [4.78, 5) is 19.6. The molecule has 5 rings (SSSR count). The first-order valence-electron chi connectivity index (χ1n) is 9.98. The lowest BCUT2D eigenvalue weighted by Crippen LogP contribution is -2.39. The highest BCUT2D eigenvalue weighted by Crippen LogP contribution is 2.29. The van der Waals surface area contributed by atoms with Crippen molar-refractivity contribution < 1.29 is 4.79 Å². The van der Waals surface area contributed by atoms with Gasteiger partial charge in [0.05, 0.1) is 17.6 Å². The molecule has 1 amide bonds. The Morgan fingerprint density at radius 1 is 1.14 bits per heavy atom. The number of amides is 1. The van der Waals surface area contributed by atoms with Gasteiger partial charge in [-0.1, -0.05) is 18.2 Å².